The first kappa shape index (κ1) is 8.26. The van der Waals surface area contributed by atoms with Gasteiger partial charge in [-0.2, -0.15) is 0 Å². The van der Waals surface area contributed by atoms with E-state index in [-0.39, 0.29) is 5.91 Å². The maximum atomic E-state index is 10.9. The number of halogens is 1. The largest absolute Gasteiger partial charge is 0.326 e. The zero-order chi connectivity index (χ0) is 8.43. The van der Waals surface area contributed by atoms with E-state index in [1.54, 1.807) is 0 Å². The first-order valence-corrected chi connectivity index (χ1v) is 3.95. The molecule has 1 saturated heterocycles. The molecule has 1 aliphatic rings. The van der Waals surface area contributed by atoms with E-state index in [2.05, 4.69) is 26.6 Å². The monoisotopic (exact) mass is 218 g/mol. The molecule has 2 N–H and O–H groups in total. The Morgan fingerprint density at radius 3 is 2.45 bits per heavy atom. The number of nitrogens with one attached hydrogen (secondary N) is 2. The summed E-state index contributed by atoms with van der Waals surface area (Å²) in [6.07, 6.45) is 0.684. The molecule has 0 aliphatic carbocycles. The normalized spacial score (nSPS) is 21.3. The summed E-state index contributed by atoms with van der Waals surface area (Å²) in [6, 6.07) is -0.463. The first-order valence-electron chi connectivity index (χ1n) is 3.16. The fraction of sp³-hybridized carbons (Fsp3) is 0.333. The van der Waals surface area contributed by atoms with E-state index >= 15 is 0 Å². The number of hydrogen-bond donors (Lipinski definition) is 2. The third kappa shape index (κ3) is 1.59. The minimum atomic E-state index is -0.463. The van der Waals surface area contributed by atoms with Crippen molar-refractivity contribution in [2.45, 2.75) is 13.3 Å². The van der Waals surface area contributed by atoms with Gasteiger partial charge in [-0.1, -0.05) is 22.9 Å². The number of urea groups is 1. The van der Waals surface area contributed by atoms with E-state index < -0.39 is 6.03 Å². The van der Waals surface area contributed by atoms with Gasteiger partial charge in [-0.05, 0) is 6.42 Å². The minimum absolute atomic E-state index is 0.317. The van der Waals surface area contributed by atoms with Crippen LogP contribution < -0.4 is 10.6 Å². The molecular formula is C6H7BrN2O2. The SMILES string of the molecule is CCC(Br)=C1NC(=O)NC1=O. The van der Waals surface area contributed by atoms with E-state index in [0.29, 0.717) is 16.6 Å². The summed E-state index contributed by atoms with van der Waals surface area (Å²) in [5.41, 5.74) is 0.317. The lowest BCUT2D eigenvalue weighted by atomic mass is 10.3. The Labute approximate surface area is 72.2 Å². The highest BCUT2D eigenvalue weighted by molar-refractivity contribution is 9.11. The Bertz CT molecular complexity index is 247. The summed E-state index contributed by atoms with van der Waals surface area (Å²) >= 11 is 3.18. The van der Waals surface area contributed by atoms with Gasteiger partial charge < -0.3 is 5.32 Å². The van der Waals surface area contributed by atoms with Crippen molar-refractivity contribution in [2.75, 3.05) is 0 Å². The van der Waals surface area contributed by atoms with Crippen LogP contribution in [0.15, 0.2) is 10.2 Å². The van der Waals surface area contributed by atoms with Crippen LogP contribution >= 0.6 is 15.9 Å². The lowest BCUT2D eigenvalue weighted by molar-refractivity contribution is -0.115. The highest BCUT2D eigenvalue weighted by atomic mass is 79.9. The zero-order valence-corrected chi connectivity index (χ0v) is 7.49. The van der Waals surface area contributed by atoms with Crippen LogP contribution in [0.2, 0.25) is 0 Å². The van der Waals surface area contributed by atoms with Crippen LogP contribution in [0.3, 0.4) is 0 Å². The van der Waals surface area contributed by atoms with Crippen molar-refractivity contribution in [2.24, 2.45) is 0 Å². The number of imide groups is 1. The third-order valence-corrected chi connectivity index (χ3v) is 2.23. The maximum Gasteiger partial charge on any atom is 0.326 e. The van der Waals surface area contributed by atoms with Crippen molar-refractivity contribution in [1.29, 1.82) is 0 Å². The van der Waals surface area contributed by atoms with Crippen molar-refractivity contribution in [3.8, 4) is 0 Å². The van der Waals surface area contributed by atoms with Gasteiger partial charge >= 0.3 is 6.03 Å². The number of carbonyl (C=O) groups excluding carboxylic acids is 2. The Kier molecular flexibility index (Phi) is 2.28. The fourth-order valence-electron chi connectivity index (χ4n) is 0.735. The molecule has 1 heterocycles. The molecule has 0 saturated carbocycles. The van der Waals surface area contributed by atoms with Crippen LogP contribution in [0.4, 0.5) is 4.79 Å². The summed E-state index contributed by atoms with van der Waals surface area (Å²) in [5.74, 6) is -0.372. The van der Waals surface area contributed by atoms with E-state index in [1.807, 2.05) is 6.92 Å². The summed E-state index contributed by atoms with van der Waals surface area (Å²) in [6.45, 7) is 1.88. The Morgan fingerprint density at radius 2 is 2.09 bits per heavy atom. The van der Waals surface area contributed by atoms with Crippen molar-refractivity contribution in [3.63, 3.8) is 0 Å². The van der Waals surface area contributed by atoms with Crippen molar-refractivity contribution < 1.29 is 9.59 Å². The predicted molar refractivity (Wildman–Crippen MR) is 42.9 cm³/mol. The van der Waals surface area contributed by atoms with Crippen LogP contribution in [0.5, 0.6) is 0 Å². The van der Waals surface area contributed by atoms with Crippen molar-refractivity contribution in [1.82, 2.24) is 10.6 Å². The predicted octanol–water partition coefficient (Wildman–Crippen LogP) is 0.842. The van der Waals surface area contributed by atoms with Gasteiger partial charge in [0.05, 0.1) is 0 Å². The number of rotatable bonds is 1. The molecule has 0 bridgehead atoms. The van der Waals surface area contributed by atoms with Gasteiger partial charge in [0.2, 0.25) is 0 Å². The minimum Gasteiger partial charge on any atom is -0.302 e. The highest BCUT2D eigenvalue weighted by Gasteiger charge is 2.24. The number of carbonyl (C=O) groups is 2. The summed E-state index contributed by atoms with van der Waals surface area (Å²) in [4.78, 5) is 21.5. The second-order valence-electron chi connectivity index (χ2n) is 2.04. The summed E-state index contributed by atoms with van der Waals surface area (Å²) < 4.78 is 0.709. The van der Waals surface area contributed by atoms with Gasteiger partial charge in [-0.25, -0.2) is 4.79 Å². The average molecular weight is 219 g/mol. The second-order valence-corrected chi connectivity index (χ2v) is 3.00. The van der Waals surface area contributed by atoms with E-state index in [1.165, 1.54) is 0 Å². The Hall–Kier alpha value is -0.840. The molecular weight excluding hydrogens is 212 g/mol. The van der Waals surface area contributed by atoms with Gasteiger partial charge in [0.25, 0.3) is 5.91 Å². The van der Waals surface area contributed by atoms with Gasteiger partial charge in [0.1, 0.15) is 5.70 Å². The molecule has 4 nitrogen and oxygen atoms in total. The molecule has 5 heteroatoms. The maximum absolute atomic E-state index is 10.9. The third-order valence-electron chi connectivity index (χ3n) is 1.27. The zero-order valence-electron chi connectivity index (χ0n) is 5.90. The molecule has 0 atom stereocenters. The lowest BCUT2D eigenvalue weighted by Crippen LogP contribution is -2.22. The molecule has 0 aromatic carbocycles. The van der Waals surface area contributed by atoms with Gasteiger partial charge in [0.15, 0.2) is 0 Å². The second kappa shape index (κ2) is 3.04. The molecule has 0 spiro atoms. The number of amides is 3. The van der Waals surface area contributed by atoms with Gasteiger partial charge in [-0.3, -0.25) is 10.1 Å². The molecule has 11 heavy (non-hydrogen) atoms. The number of allylic oxidation sites excluding steroid dienone is 1. The summed E-state index contributed by atoms with van der Waals surface area (Å²) in [7, 11) is 0. The molecule has 0 radical (unpaired) electrons. The van der Waals surface area contributed by atoms with Crippen molar-refractivity contribution in [3.05, 3.63) is 10.2 Å². The van der Waals surface area contributed by atoms with Gasteiger partial charge in [0, 0.05) is 4.48 Å². The topological polar surface area (TPSA) is 58.2 Å². The highest BCUT2D eigenvalue weighted by Crippen LogP contribution is 2.15. The molecule has 1 rings (SSSR count). The van der Waals surface area contributed by atoms with Crippen LogP contribution in [0, 0.1) is 0 Å². The summed E-state index contributed by atoms with van der Waals surface area (Å²) in [5, 5.41) is 4.49. The lowest BCUT2D eigenvalue weighted by Gasteiger charge is -1.95. The molecule has 0 unspecified atom stereocenters. The Balaban J connectivity index is 2.90. The smallest absolute Gasteiger partial charge is 0.302 e. The average Bonchev–Trinajstić information content (AvgIpc) is 2.28. The van der Waals surface area contributed by atoms with E-state index in [0.717, 1.165) is 0 Å². The van der Waals surface area contributed by atoms with Gasteiger partial charge in [-0.15, -0.1) is 0 Å². The molecule has 0 aromatic rings. The molecule has 60 valence electrons. The number of hydrogen-bond acceptors (Lipinski definition) is 2. The van der Waals surface area contributed by atoms with Crippen LogP contribution in [-0.4, -0.2) is 11.9 Å². The molecule has 1 fully saturated rings. The molecule has 0 aromatic heterocycles. The van der Waals surface area contributed by atoms with Crippen molar-refractivity contribution >= 4 is 27.9 Å². The van der Waals surface area contributed by atoms with Crippen LogP contribution in [-0.2, 0) is 4.79 Å². The fourth-order valence-corrected chi connectivity index (χ4v) is 1.01. The van der Waals surface area contributed by atoms with E-state index in [4.69, 9.17) is 0 Å². The standard InChI is InChI=1S/C6H7BrN2O2/c1-2-3(7)4-5(10)9-6(11)8-4/h2H2,1H3,(H2,8,9,10,11). The van der Waals surface area contributed by atoms with E-state index in [9.17, 15) is 9.59 Å². The molecule has 1 aliphatic heterocycles. The quantitative estimate of drug-likeness (QED) is 0.507. The van der Waals surface area contributed by atoms with Crippen LogP contribution in [0.1, 0.15) is 13.3 Å². The van der Waals surface area contributed by atoms with Crippen LogP contribution in [0.25, 0.3) is 0 Å². The Morgan fingerprint density at radius 1 is 1.45 bits per heavy atom. The first-order chi connectivity index (χ1) is 5.15. The molecule has 3 amide bonds.